The summed E-state index contributed by atoms with van der Waals surface area (Å²) in [5, 5.41) is 0. The van der Waals surface area contributed by atoms with Crippen LogP contribution < -0.4 is 0 Å². The van der Waals surface area contributed by atoms with Crippen LogP contribution in [-0.2, 0) is 29.7 Å². The van der Waals surface area contributed by atoms with Crippen molar-refractivity contribution in [3.63, 3.8) is 0 Å². The molecule has 0 spiro atoms. The van der Waals surface area contributed by atoms with Gasteiger partial charge in [0.25, 0.3) is 0 Å². The zero-order valence-corrected chi connectivity index (χ0v) is 9.74. The molecule has 0 atom stereocenters. The van der Waals surface area contributed by atoms with Gasteiger partial charge < -0.3 is 0 Å². The minimum absolute atomic E-state index is 0.176. The monoisotopic (exact) mass is 209 g/mol. The van der Waals surface area contributed by atoms with Gasteiger partial charge in [0, 0.05) is 17.8 Å². The molecule has 0 aromatic carbocycles. The van der Waals surface area contributed by atoms with Crippen molar-refractivity contribution in [1.29, 1.82) is 0 Å². The number of rotatable bonds is 0. The topological polar surface area (TPSA) is 3.24 Å². The second-order valence-corrected chi connectivity index (χ2v) is 9.87. The maximum absolute atomic E-state index is 5.40. The SMILES string of the molecule is CC(C)(C)N1CCCS1(=S)=S. The summed E-state index contributed by atoms with van der Waals surface area (Å²) in [6.45, 7) is 7.68. The zero-order valence-electron chi connectivity index (χ0n) is 7.29. The van der Waals surface area contributed by atoms with Crippen LogP contribution in [0.1, 0.15) is 27.2 Å². The van der Waals surface area contributed by atoms with Crippen molar-refractivity contribution in [2.75, 3.05) is 12.3 Å². The standard InChI is InChI=1S/C7H15NS3/c1-7(2,3)8-5-4-6-11(8,9)10/h4-6H2,1-3H3. The van der Waals surface area contributed by atoms with E-state index in [1.807, 2.05) is 0 Å². The van der Waals surface area contributed by atoms with E-state index in [1.165, 1.54) is 6.42 Å². The highest BCUT2D eigenvalue weighted by molar-refractivity contribution is 8.55. The van der Waals surface area contributed by atoms with Gasteiger partial charge in [0.05, 0.1) is 0 Å². The van der Waals surface area contributed by atoms with Gasteiger partial charge in [-0.2, -0.15) is 0 Å². The number of hydrogen-bond acceptors (Lipinski definition) is 2. The van der Waals surface area contributed by atoms with Gasteiger partial charge in [0.1, 0.15) is 0 Å². The van der Waals surface area contributed by atoms with Crippen molar-refractivity contribution in [2.45, 2.75) is 32.7 Å². The molecule has 0 bridgehead atoms. The molecule has 66 valence electrons. The predicted molar refractivity (Wildman–Crippen MR) is 58.0 cm³/mol. The molecule has 0 aromatic heterocycles. The first-order chi connectivity index (χ1) is 4.84. The van der Waals surface area contributed by atoms with Gasteiger partial charge in [-0.1, -0.05) is 0 Å². The minimum Gasteiger partial charge on any atom is -0.239 e. The van der Waals surface area contributed by atoms with Crippen molar-refractivity contribution in [2.24, 2.45) is 0 Å². The van der Waals surface area contributed by atoms with E-state index in [4.69, 9.17) is 22.4 Å². The molecule has 0 radical (unpaired) electrons. The molecule has 0 N–H and O–H groups in total. The van der Waals surface area contributed by atoms with E-state index in [-0.39, 0.29) is 5.54 Å². The molecule has 4 heteroatoms. The maximum atomic E-state index is 5.40. The molecule has 11 heavy (non-hydrogen) atoms. The Morgan fingerprint density at radius 2 is 1.82 bits per heavy atom. The molecular formula is C7H15NS3. The third kappa shape index (κ3) is 2.11. The average molecular weight is 209 g/mol. The summed E-state index contributed by atoms with van der Waals surface area (Å²) in [6.07, 6.45) is 1.19. The van der Waals surface area contributed by atoms with Crippen molar-refractivity contribution in [3.8, 4) is 0 Å². The Balaban J connectivity index is 2.91. The van der Waals surface area contributed by atoms with Crippen LogP contribution in [0.15, 0.2) is 0 Å². The fourth-order valence-corrected chi connectivity index (χ4v) is 5.84. The molecule has 1 heterocycles. The van der Waals surface area contributed by atoms with E-state index in [0.717, 1.165) is 12.3 Å². The van der Waals surface area contributed by atoms with Crippen LogP contribution >= 0.6 is 0 Å². The molecule has 1 aliphatic heterocycles. The third-order valence-electron chi connectivity index (χ3n) is 1.85. The van der Waals surface area contributed by atoms with E-state index in [0.29, 0.717) is 0 Å². The fourth-order valence-electron chi connectivity index (χ4n) is 1.39. The summed E-state index contributed by atoms with van der Waals surface area (Å²) in [7, 11) is -1.24. The molecular weight excluding hydrogens is 194 g/mol. The van der Waals surface area contributed by atoms with E-state index >= 15 is 0 Å². The van der Waals surface area contributed by atoms with Gasteiger partial charge >= 0.3 is 0 Å². The lowest BCUT2D eigenvalue weighted by molar-refractivity contribution is 0.285. The first-order valence-electron chi connectivity index (χ1n) is 3.84. The second kappa shape index (κ2) is 2.91. The predicted octanol–water partition coefficient (Wildman–Crippen LogP) is 1.48. The van der Waals surface area contributed by atoms with Crippen LogP contribution in [0.3, 0.4) is 0 Å². The molecule has 0 unspecified atom stereocenters. The van der Waals surface area contributed by atoms with Crippen LogP contribution in [0.4, 0.5) is 0 Å². The van der Waals surface area contributed by atoms with Crippen LogP contribution in [0, 0.1) is 0 Å². The summed E-state index contributed by atoms with van der Waals surface area (Å²) in [5.74, 6) is 1.06. The van der Waals surface area contributed by atoms with Gasteiger partial charge in [-0.05, 0) is 56.9 Å². The summed E-state index contributed by atoms with van der Waals surface area (Å²) >= 11 is 10.8. The number of hydrogen-bond donors (Lipinski definition) is 0. The summed E-state index contributed by atoms with van der Waals surface area (Å²) in [4.78, 5) is 0. The Bertz CT molecular complexity index is 235. The zero-order chi connectivity index (χ0) is 8.70. The van der Waals surface area contributed by atoms with Crippen molar-refractivity contribution >= 4 is 29.7 Å². The Morgan fingerprint density at radius 1 is 1.27 bits per heavy atom. The summed E-state index contributed by atoms with van der Waals surface area (Å²) in [5.41, 5.74) is 0.176. The minimum atomic E-state index is -1.24. The van der Waals surface area contributed by atoms with E-state index in [2.05, 4.69) is 25.1 Å². The van der Waals surface area contributed by atoms with E-state index in [9.17, 15) is 0 Å². The van der Waals surface area contributed by atoms with Gasteiger partial charge in [0.2, 0.25) is 0 Å². The molecule has 1 fully saturated rings. The Kier molecular flexibility index (Phi) is 2.60. The summed E-state index contributed by atoms with van der Waals surface area (Å²) in [6, 6.07) is 0. The van der Waals surface area contributed by atoms with Crippen molar-refractivity contribution < 1.29 is 0 Å². The van der Waals surface area contributed by atoms with Crippen molar-refractivity contribution in [3.05, 3.63) is 0 Å². The highest BCUT2D eigenvalue weighted by Crippen LogP contribution is 2.24. The quantitative estimate of drug-likeness (QED) is 0.595. The van der Waals surface area contributed by atoms with Gasteiger partial charge in [-0.3, -0.25) is 0 Å². The normalized spacial score (nSPS) is 25.7. The molecule has 1 rings (SSSR count). The Labute approximate surface area is 79.1 Å². The molecule has 0 aliphatic carbocycles. The smallest absolute Gasteiger partial charge is 0.0234 e. The largest absolute Gasteiger partial charge is 0.239 e. The van der Waals surface area contributed by atoms with E-state index < -0.39 is 7.33 Å². The second-order valence-electron chi connectivity index (χ2n) is 3.91. The van der Waals surface area contributed by atoms with Crippen LogP contribution in [-0.4, -0.2) is 22.1 Å². The lowest BCUT2D eigenvalue weighted by Gasteiger charge is -2.33. The first-order valence-corrected chi connectivity index (χ1v) is 7.45. The van der Waals surface area contributed by atoms with E-state index in [1.54, 1.807) is 0 Å². The molecule has 1 aliphatic rings. The fraction of sp³-hybridized carbons (Fsp3) is 1.00. The number of nitrogens with zero attached hydrogens (tertiary/aromatic N) is 1. The maximum Gasteiger partial charge on any atom is 0.0234 e. The van der Waals surface area contributed by atoms with Gasteiger partial charge in [0.15, 0.2) is 0 Å². The lowest BCUT2D eigenvalue weighted by atomic mass is 10.1. The van der Waals surface area contributed by atoms with Gasteiger partial charge in [-0.25, -0.2) is 4.31 Å². The molecule has 1 nitrogen and oxygen atoms in total. The molecule has 0 aromatic rings. The van der Waals surface area contributed by atoms with Crippen molar-refractivity contribution in [1.82, 2.24) is 4.31 Å². The highest BCUT2D eigenvalue weighted by atomic mass is 33.1. The average Bonchev–Trinajstić information content (AvgIpc) is 2.06. The lowest BCUT2D eigenvalue weighted by Crippen LogP contribution is -2.41. The molecule has 0 saturated carbocycles. The Hall–Kier alpha value is 0.750. The Morgan fingerprint density at radius 3 is 2.00 bits per heavy atom. The molecule has 1 saturated heterocycles. The van der Waals surface area contributed by atoms with Crippen LogP contribution in [0.2, 0.25) is 0 Å². The van der Waals surface area contributed by atoms with Gasteiger partial charge in [-0.15, -0.1) is 0 Å². The van der Waals surface area contributed by atoms with Crippen LogP contribution in [0.25, 0.3) is 0 Å². The highest BCUT2D eigenvalue weighted by Gasteiger charge is 2.30. The first kappa shape index (κ1) is 9.84. The van der Waals surface area contributed by atoms with Crippen LogP contribution in [0.5, 0.6) is 0 Å². The molecule has 0 amide bonds. The summed E-state index contributed by atoms with van der Waals surface area (Å²) < 4.78 is 2.32. The third-order valence-corrected chi connectivity index (χ3v) is 6.13.